The van der Waals surface area contributed by atoms with Crippen LogP contribution in [0.3, 0.4) is 0 Å². The first kappa shape index (κ1) is 19.8. The molecule has 3 aromatic rings. The van der Waals surface area contributed by atoms with Crippen molar-refractivity contribution in [1.29, 1.82) is 5.26 Å². The Balaban J connectivity index is 1.76. The standard InChI is InChI=1S/C24H26N4O2/c1-3-13-26-24(29)27-17-9-7-16(8-10-17)23-21(15-25)20-14-19(30-2)11-12-22(20)28(23)18-5-4-6-18/h7-12,14,18H,3-6,13H2,1-2H3,(H2,26,27,29). The molecule has 6 nitrogen and oxygen atoms in total. The van der Waals surface area contributed by atoms with E-state index in [0.29, 0.717) is 18.2 Å². The largest absolute Gasteiger partial charge is 0.497 e. The first-order valence-corrected chi connectivity index (χ1v) is 10.4. The number of carbonyl (C=O) groups is 1. The average Bonchev–Trinajstić information content (AvgIpc) is 3.04. The molecule has 2 amide bonds. The molecule has 1 aromatic heterocycles. The van der Waals surface area contributed by atoms with Gasteiger partial charge in [0.1, 0.15) is 11.8 Å². The van der Waals surface area contributed by atoms with E-state index in [1.807, 2.05) is 49.4 Å². The first-order valence-electron chi connectivity index (χ1n) is 10.4. The summed E-state index contributed by atoms with van der Waals surface area (Å²) in [4.78, 5) is 11.9. The number of ether oxygens (including phenoxy) is 1. The van der Waals surface area contributed by atoms with Crippen LogP contribution in [0.5, 0.6) is 5.75 Å². The maximum absolute atomic E-state index is 11.9. The van der Waals surface area contributed by atoms with Gasteiger partial charge in [-0.15, -0.1) is 0 Å². The number of nitriles is 1. The molecular formula is C24H26N4O2. The highest BCUT2D eigenvalue weighted by Gasteiger charge is 2.27. The summed E-state index contributed by atoms with van der Waals surface area (Å²) in [5.74, 6) is 0.744. The molecule has 0 aliphatic heterocycles. The van der Waals surface area contributed by atoms with Gasteiger partial charge in [-0.05, 0) is 61.6 Å². The van der Waals surface area contributed by atoms with Crippen molar-refractivity contribution in [2.45, 2.75) is 38.6 Å². The number of urea groups is 1. The highest BCUT2D eigenvalue weighted by atomic mass is 16.5. The molecule has 0 saturated heterocycles. The van der Waals surface area contributed by atoms with Crippen molar-refractivity contribution >= 4 is 22.6 Å². The molecule has 0 radical (unpaired) electrons. The fourth-order valence-electron chi connectivity index (χ4n) is 3.97. The SMILES string of the molecule is CCCNC(=O)Nc1ccc(-c2c(C#N)c3cc(OC)ccc3n2C2CCC2)cc1. The number of amides is 2. The van der Waals surface area contributed by atoms with Crippen molar-refractivity contribution in [2.24, 2.45) is 0 Å². The molecule has 1 heterocycles. The van der Waals surface area contributed by atoms with E-state index in [2.05, 4.69) is 21.3 Å². The fraction of sp³-hybridized carbons (Fsp3) is 0.333. The van der Waals surface area contributed by atoms with Gasteiger partial charge in [-0.3, -0.25) is 0 Å². The number of nitrogens with zero attached hydrogens (tertiary/aromatic N) is 2. The smallest absolute Gasteiger partial charge is 0.319 e. The van der Waals surface area contributed by atoms with Gasteiger partial charge in [0.25, 0.3) is 0 Å². The molecule has 1 fully saturated rings. The number of benzene rings is 2. The zero-order chi connectivity index (χ0) is 21.1. The minimum atomic E-state index is -0.210. The van der Waals surface area contributed by atoms with Crippen molar-refractivity contribution < 1.29 is 9.53 Å². The molecule has 1 saturated carbocycles. The summed E-state index contributed by atoms with van der Waals surface area (Å²) in [6.07, 6.45) is 4.33. The van der Waals surface area contributed by atoms with Gasteiger partial charge >= 0.3 is 6.03 Å². The van der Waals surface area contributed by atoms with E-state index >= 15 is 0 Å². The number of carbonyl (C=O) groups excluding carboxylic acids is 1. The molecule has 0 spiro atoms. The first-order chi connectivity index (χ1) is 14.7. The quantitative estimate of drug-likeness (QED) is 0.576. The number of nitrogens with one attached hydrogen (secondary N) is 2. The maximum Gasteiger partial charge on any atom is 0.319 e. The third-order valence-corrected chi connectivity index (χ3v) is 5.71. The van der Waals surface area contributed by atoms with E-state index in [0.717, 1.165) is 52.9 Å². The number of anilines is 1. The number of aromatic nitrogens is 1. The number of hydrogen-bond acceptors (Lipinski definition) is 3. The Kier molecular flexibility index (Phi) is 5.62. The summed E-state index contributed by atoms with van der Waals surface area (Å²) in [5, 5.41) is 16.6. The third-order valence-electron chi connectivity index (χ3n) is 5.71. The van der Waals surface area contributed by atoms with E-state index in [1.54, 1.807) is 7.11 Å². The van der Waals surface area contributed by atoms with Gasteiger partial charge in [-0.1, -0.05) is 19.1 Å². The molecule has 1 aliphatic carbocycles. The van der Waals surface area contributed by atoms with E-state index in [1.165, 1.54) is 6.42 Å². The molecule has 2 aromatic carbocycles. The molecule has 6 heteroatoms. The Bertz CT molecular complexity index is 1100. The summed E-state index contributed by atoms with van der Waals surface area (Å²) in [5.41, 5.74) is 4.35. The molecule has 30 heavy (non-hydrogen) atoms. The van der Waals surface area contributed by atoms with Gasteiger partial charge in [0.15, 0.2) is 0 Å². The highest BCUT2D eigenvalue weighted by Crippen LogP contribution is 2.43. The lowest BCUT2D eigenvalue weighted by Crippen LogP contribution is -2.29. The van der Waals surface area contributed by atoms with Crippen molar-refractivity contribution in [2.75, 3.05) is 19.0 Å². The van der Waals surface area contributed by atoms with Crippen LogP contribution in [0.1, 0.15) is 44.2 Å². The van der Waals surface area contributed by atoms with Gasteiger partial charge in [0, 0.05) is 23.7 Å². The van der Waals surface area contributed by atoms with Crippen LogP contribution >= 0.6 is 0 Å². The second kappa shape index (κ2) is 8.50. The van der Waals surface area contributed by atoms with Crippen molar-refractivity contribution in [3.63, 3.8) is 0 Å². The molecule has 1 aliphatic rings. The normalized spacial score (nSPS) is 13.5. The maximum atomic E-state index is 11.9. The van der Waals surface area contributed by atoms with Crippen LogP contribution in [-0.4, -0.2) is 24.3 Å². The molecule has 0 bridgehead atoms. The molecule has 0 atom stereocenters. The van der Waals surface area contributed by atoms with E-state index in [4.69, 9.17) is 4.74 Å². The van der Waals surface area contributed by atoms with Crippen molar-refractivity contribution in [3.05, 3.63) is 48.0 Å². The topological polar surface area (TPSA) is 79.1 Å². The fourth-order valence-corrected chi connectivity index (χ4v) is 3.97. The highest BCUT2D eigenvalue weighted by molar-refractivity contribution is 5.96. The molecule has 2 N–H and O–H groups in total. The Morgan fingerprint density at radius 2 is 2.00 bits per heavy atom. The van der Waals surface area contributed by atoms with Crippen LogP contribution in [0, 0.1) is 11.3 Å². The monoisotopic (exact) mass is 402 g/mol. The molecular weight excluding hydrogens is 376 g/mol. The van der Waals surface area contributed by atoms with Crippen LogP contribution < -0.4 is 15.4 Å². The predicted molar refractivity (Wildman–Crippen MR) is 119 cm³/mol. The van der Waals surface area contributed by atoms with Gasteiger partial charge in [-0.2, -0.15) is 5.26 Å². The van der Waals surface area contributed by atoms with Gasteiger partial charge < -0.3 is 19.9 Å². The summed E-state index contributed by atoms with van der Waals surface area (Å²) in [7, 11) is 1.64. The van der Waals surface area contributed by atoms with Gasteiger partial charge in [0.05, 0.1) is 23.9 Å². The lowest BCUT2D eigenvalue weighted by molar-refractivity contribution is 0.252. The predicted octanol–water partition coefficient (Wildman–Crippen LogP) is 5.45. The number of hydrogen-bond donors (Lipinski definition) is 2. The van der Waals surface area contributed by atoms with Crippen LogP contribution in [0.25, 0.3) is 22.2 Å². The Hall–Kier alpha value is -3.46. The van der Waals surface area contributed by atoms with Crippen LogP contribution in [0.4, 0.5) is 10.5 Å². The van der Waals surface area contributed by atoms with Crippen molar-refractivity contribution in [1.82, 2.24) is 9.88 Å². The second-order valence-electron chi connectivity index (χ2n) is 7.63. The van der Waals surface area contributed by atoms with Gasteiger partial charge in [-0.25, -0.2) is 4.79 Å². The van der Waals surface area contributed by atoms with Crippen LogP contribution in [0.2, 0.25) is 0 Å². The zero-order valence-corrected chi connectivity index (χ0v) is 17.4. The lowest BCUT2D eigenvalue weighted by atomic mass is 9.92. The van der Waals surface area contributed by atoms with E-state index in [9.17, 15) is 10.1 Å². The van der Waals surface area contributed by atoms with Crippen molar-refractivity contribution in [3.8, 4) is 23.1 Å². The number of methoxy groups -OCH3 is 1. The lowest BCUT2D eigenvalue weighted by Gasteiger charge is -2.30. The molecule has 154 valence electrons. The Morgan fingerprint density at radius 3 is 2.60 bits per heavy atom. The summed E-state index contributed by atoms with van der Waals surface area (Å²) < 4.78 is 7.71. The van der Waals surface area contributed by atoms with Crippen LogP contribution in [0.15, 0.2) is 42.5 Å². The molecule has 0 unspecified atom stereocenters. The molecule has 4 rings (SSSR count). The number of rotatable bonds is 6. The summed E-state index contributed by atoms with van der Waals surface area (Å²) in [6.45, 7) is 2.65. The third kappa shape index (κ3) is 3.59. The summed E-state index contributed by atoms with van der Waals surface area (Å²) in [6, 6.07) is 16.3. The zero-order valence-electron chi connectivity index (χ0n) is 17.4. The Labute approximate surface area is 176 Å². The van der Waals surface area contributed by atoms with E-state index in [-0.39, 0.29) is 6.03 Å². The Morgan fingerprint density at radius 1 is 1.23 bits per heavy atom. The second-order valence-corrected chi connectivity index (χ2v) is 7.63. The van der Waals surface area contributed by atoms with E-state index < -0.39 is 0 Å². The minimum absolute atomic E-state index is 0.210. The average molecular weight is 402 g/mol. The number of fused-ring (bicyclic) bond motifs is 1. The summed E-state index contributed by atoms with van der Waals surface area (Å²) >= 11 is 0. The minimum Gasteiger partial charge on any atom is -0.497 e. The van der Waals surface area contributed by atoms with Gasteiger partial charge in [0.2, 0.25) is 0 Å². The van der Waals surface area contributed by atoms with Crippen LogP contribution in [-0.2, 0) is 0 Å².